The lowest BCUT2D eigenvalue weighted by Gasteiger charge is -2.26. The van der Waals surface area contributed by atoms with Gasteiger partial charge in [0.05, 0.1) is 12.0 Å². The molecule has 5 nitrogen and oxygen atoms in total. The Bertz CT molecular complexity index is 831. The Morgan fingerprint density at radius 1 is 1.17 bits per heavy atom. The van der Waals surface area contributed by atoms with Crippen molar-refractivity contribution in [1.82, 2.24) is 10.1 Å². The molecule has 0 N–H and O–H groups in total. The van der Waals surface area contributed by atoms with Gasteiger partial charge in [-0.15, -0.1) is 0 Å². The summed E-state index contributed by atoms with van der Waals surface area (Å²) in [6.45, 7) is 4.62. The lowest BCUT2D eigenvalue weighted by Crippen LogP contribution is -2.35. The number of allylic oxidation sites excluding steroid dienone is 1. The van der Waals surface area contributed by atoms with Crippen LogP contribution in [0.15, 0.2) is 44.8 Å². The summed E-state index contributed by atoms with van der Waals surface area (Å²) < 4.78 is 5.26. The number of halogens is 1. The van der Waals surface area contributed by atoms with Crippen LogP contribution in [0.2, 0.25) is 5.02 Å². The van der Waals surface area contributed by atoms with Crippen molar-refractivity contribution in [3.05, 3.63) is 57.9 Å². The molecule has 3 heterocycles. The number of aryl methyl sites for hydroxylation is 2. The van der Waals surface area contributed by atoms with Gasteiger partial charge in [-0.1, -0.05) is 28.9 Å². The van der Waals surface area contributed by atoms with Gasteiger partial charge in [-0.05, 0) is 37.6 Å². The SMILES string of the molecule is Cc1noc(C)c1C1=CC2N=CN(Cc3ccc(Cl)cc3)C2N=C1. The second-order valence-electron chi connectivity index (χ2n) is 6.07. The van der Waals surface area contributed by atoms with Crippen molar-refractivity contribution >= 4 is 29.7 Å². The monoisotopic (exact) mass is 340 g/mol. The minimum Gasteiger partial charge on any atom is -0.361 e. The molecule has 0 spiro atoms. The fraction of sp³-hybridized carbons (Fsp3) is 0.278. The highest BCUT2D eigenvalue weighted by Crippen LogP contribution is 2.29. The first kappa shape index (κ1) is 15.1. The third kappa shape index (κ3) is 2.65. The Hall–Kier alpha value is -2.40. The van der Waals surface area contributed by atoms with E-state index in [1.54, 1.807) is 0 Å². The predicted molar refractivity (Wildman–Crippen MR) is 95.5 cm³/mol. The first-order chi connectivity index (χ1) is 11.6. The molecule has 2 aliphatic rings. The summed E-state index contributed by atoms with van der Waals surface area (Å²) >= 11 is 5.95. The number of aliphatic imine (C=N–C) groups is 2. The highest BCUT2D eigenvalue weighted by Gasteiger charge is 2.32. The van der Waals surface area contributed by atoms with Crippen LogP contribution in [0.4, 0.5) is 0 Å². The van der Waals surface area contributed by atoms with E-state index in [0.717, 1.165) is 34.2 Å². The van der Waals surface area contributed by atoms with Gasteiger partial charge in [-0.2, -0.15) is 0 Å². The summed E-state index contributed by atoms with van der Waals surface area (Å²) in [5.41, 5.74) is 4.10. The summed E-state index contributed by atoms with van der Waals surface area (Å²) in [6, 6.07) is 7.89. The van der Waals surface area contributed by atoms with Gasteiger partial charge in [0.2, 0.25) is 0 Å². The molecule has 0 bridgehead atoms. The van der Waals surface area contributed by atoms with E-state index in [0.29, 0.717) is 0 Å². The highest BCUT2D eigenvalue weighted by molar-refractivity contribution is 6.30. The van der Waals surface area contributed by atoms with E-state index >= 15 is 0 Å². The molecule has 0 amide bonds. The molecule has 24 heavy (non-hydrogen) atoms. The van der Waals surface area contributed by atoms with Crippen LogP contribution in [-0.2, 0) is 6.54 Å². The average Bonchev–Trinajstić information content (AvgIpc) is 3.12. The summed E-state index contributed by atoms with van der Waals surface area (Å²) in [4.78, 5) is 11.5. The Balaban J connectivity index is 1.54. The smallest absolute Gasteiger partial charge is 0.148 e. The van der Waals surface area contributed by atoms with Gasteiger partial charge in [-0.25, -0.2) is 0 Å². The second kappa shape index (κ2) is 5.91. The second-order valence-corrected chi connectivity index (χ2v) is 6.50. The van der Waals surface area contributed by atoms with Gasteiger partial charge < -0.3 is 9.42 Å². The number of aromatic nitrogens is 1. The summed E-state index contributed by atoms with van der Waals surface area (Å²) in [6.07, 6.45) is 5.93. The van der Waals surface area contributed by atoms with Gasteiger partial charge >= 0.3 is 0 Å². The zero-order valence-corrected chi connectivity index (χ0v) is 14.2. The highest BCUT2D eigenvalue weighted by atomic mass is 35.5. The number of hydrogen-bond acceptors (Lipinski definition) is 5. The zero-order chi connectivity index (χ0) is 16.7. The van der Waals surface area contributed by atoms with Gasteiger partial charge in [0.15, 0.2) is 0 Å². The molecule has 4 rings (SSSR count). The van der Waals surface area contributed by atoms with Crippen LogP contribution >= 0.6 is 11.6 Å². The quantitative estimate of drug-likeness (QED) is 0.857. The van der Waals surface area contributed by atoms with Crippen LogP contribution in [0.25, 0.3) is 5.57 Å². The molecule has 0 saturated carbocycles. The molecule has 0 saturated heterocycles. The molecule has 1 aromatic heterocycles. The maximum Gasteiger partial charge on any atom is 0.148 e. The molecular formula is C18H17ClN4O. The summed E-state index contributed by atoms with van der Waals surface area (Å²) in [7, 11) is 0. The Kier molecular flexibility index (Phi) is 3.73. The lowest BCUT2D eigenvalue weighted by atomic mass is 9.99. The average molecular weight is 341 g/mol. The molecule has 0 fully saturated rings. The van der Waals surface area contributed by atoms with Crippen molar-refractivity contribution < 1.29 is 4.52 Å². The number of fused-ring (bicyclic) bond motifs is 1. The predicted octanol–water partition coefficient (Wildman–Crippen LogP) is 3.65. The minimum absolute atomic E-state index is 0.00454. The number of hydrogen-bond donors (Lipinski definition) is 0. The van der Waals surface area contributed by atoms with Gasteiger partial charge in [0, 0.05) is 28.9 Å². The van der Waals surface area contributed by atoms with Crippen molar-refractivity contribution in [1.29, 1.82) is 0 Å². The van der Waals surface area contributed by atoms with Crippen molar-refractivity contribution in [2.24, 2.45) is 9.98 Å². The molecule has 122 valence electrons. The van der Waals surface area contributed by atoms with E-state index in [2.05, 4.69) is 21.1 Å². The summed E-state index contributed by atoms with van der Waals surface area (Å²) in [5.74, 6) is 0.809. The van der Waals surface area contributed by atoms with E-state index in [4.69, 9.17) is 21.1 Å². The van der Waals surface area contributed by atoms with Gasteiger partial charge in [-0.3, -0.25) is 9.98 Å². The first-order valence-electron chi connectivity index (χ1n) is 7.83. The third-order valence-corrected chi connectivity index (χ3v) is 4.60. The standard InChI is InChI=1S/C18H17ClN4O/c1-11-17(12(2)24-22-11)14-7-16-18(20-8-14)23(10-21-16)9-13-3-5-15(19)6-4-13/h3-8,10,16,18H,9H2,1-2H3. The molecule has 6 heteroatoms. The molecule has 0 radical (unpaired) electrons. The molecule has 1 aromatic carbocycles. The maximum atomic E-state index is 5.95. The number of nitrogens with zero attached hydrogens (tertiary/aromatic N) is 4. The normalized spacial score (nSPS) is 22.0. The van der Waals surface area contributed by atoms with E-state index < -0.39 is 0 Å². The number of benzene rings is 1. The maximum absolute atomic E-state index is 5.95. The first-order valence-corrected chi connectivity index (χ1v) is 8.21. The molecule has 2 aliphatic heterocycles. The molecule has 2 aromatic rings. The van der Waals surface area contributed by atoms with Crippen LogP contribution in [0.5, 0.6) is 0 Å². The van der Waals surface area contributed by atoms with Crippen LogP contribution in [0.3, 0.4) is 0 Å². The van der Waals surface area contributed by atoms with E-state index in [9.17, 15) is 0 Å². The fourth-order valence-corrected chi connectivity index (χ4v) is 3.29. The van der Waals surface area contributed by atoms with E-state index in [1.165, 1.54) is 5.56 Å². The Morgan fingerprint density at radius 3 is 2.67 bits per heavy atom. The Morgan fingerprint density at radius 2 is 1.96 bits per heavy atom. The van der Waals surface area contributed by atoms with Gasteiger partial charge in [0.1, 0.15) is 18.0 Å². The lowest BCUT2D eigenvalue weighted by molar-refractivity contribution is 0.330. The molecule has 2 atom stereocenters. The summed E-state index contributed by atoms with van der Waals surface area (Å²) in [5, 5.41) is 4.76. The van der Waals surface area contributed by atoms with E-state index in [1.807, 2.05) is 50.7 Å². The fourth-order valence-electron chi connectivity index (χ4n) is 3.17. The largest absolute Gasteiger partial charge is 0.361 e. The van der Waals surface area contributed by atoms with Crippen molar-refractivity contribution in [2.45, 2.75) is 32.6 Å². The van der Waals surface area contributed by atoms with Crippen molar-refractivity contribution in [3.8, 4) is 0 Å². The zero-order valence-electron chi connectivity index (χ0n) is 13.5. The number of dihydropyridines is 1. The number of rotatable bonds is 3. The molecule has 0 aliphatic carbocycles. The Labute approximate surface area is 145 Å². The van der Waals surface area contributed by atoms with E-state index in [-0.39, 0.29) is 12.2 Å². The topological polar surface area (TPSA) is 54.0 Å². The van der Waals surface area contributed by atoms with Crippen molar-refractivity contribution in [2.75, 3.05) is 0 Å². The van der Waals surface area contributed by atoms with Crippen LogP contribution in [-0.4, -0.2) is 34.8 Å². The molecule has 2 unspecified atom stereocenters. The third-order valence-electron chi connectivity index (χ3n) is 4.35. The van der Waals surface area contributed by atoms with Gasteiger partial charge in [0.25, 0.3) is 0 Å². The van der Waals surface area contributed by atoms with Crippen LogP contribution < -0.4 is 0 Å². The van der Waals surface area contributed by atoms with Crippen LogP contribution in [0, 0.1) is 13.8 Å². The van der Waals surface area contributed by atoms with Crippen LogP contribution in [0.1, 0.15) is 22.6 Å². The molecular weight excluding hydrogens is 324 g/mol. The minimum atomic E-state index is 0.00454. The van der Waals surface area contributed by atoms with Crippen molar-refractivity contribution in [3.63, 3.8) is 0 Å².